The Kier molecular flexibility index (Phi) is 3.07. The zero-order valence-electron chi connectivity index (χ0n) is 9.69. The fourth-order valence-electron chi connectivity index (χ4n) is 2.38. The van der Waals surface area contributed by atoms with E-state index in [1.807, 2.05) is 0 Å². The van der Waals surface area contributed by atoms with E-state index in [0.717, 1.165) is 49.9 Å². The van der Waals surface area contributed by atoms with Gasteiger partial charge in [-0.15, -0.1) is 0 Å². The number of rotatable bonds is 1. The molecule has 0 radical (unpaired) electrons. The molecule has 1 fully saturated rings. The van der Waals surface area contributed by atoms with Gasteiger partial charge in [0.25, 0.3) is 0 Å². The summed E-state index contributed by atoms with van der Waals surface area (Å²) in [6, 6.07) is 0. The fourth-order valence-corrected chi connectivity index (χ4v) is 3.43. The van der Waals surface area contributed by atoms with Crippen molar-refractivity contribution in [2.75, 3.05) is 36.0 Å². The molecule has 5 nitrogen and oxygen atoms in total. The van der Waals surface area contributed by atoms with E-state index in [0.29, 0.717) is 0 Å². The van der Waals surface area contributed by atoms with Crippen LogP contribution in [0.3, 0.4) is 0 Å². The second-order valence-electron chi connectivity index (χ2n) is 4.38. The molecule has 1 aromatic heterocycles. The lowest BCUT2D eigenvalue weighted by Gasteiger charge is -2.30. The maximum absolute atomic E-state index is 11.4. The minimum Gasteiger partial charge on any atom is -0.354 e. The third kappa shape index (κ3) is 2.19. The van der Waals surface area contributed by atoms with Crippen LogP contribution in [0.1, 0.15) is 11.3 Å². The van der Waals surface area contributed by atoms with Crippen molar-refractivity contribution in [2.24, 2.45) is 0 Å². The van der Waals surface area contributed by atoms with Crippen LogP contribution in [0.2, 0.25) is 0 Å². The number of nitrogens with zero attached hydrogens (tertiary/aromatic N) is 3. The van der Waals surface area contributed by atoms with Crippen LogP contribution in [0.15, 0.2) is 6.33 Å². The van der Waals surface area contributed by atoms with Gasteiger partial charge in [-0.2, -0.15) is 0 Å². The van der Waals surface area contributed by atoms with E-state index >= 15 is 0 Å². The van der Waals surface area contributed by atoms with Crippen LogP contribution in [-0.4, -0.2) is 45.3 Å². The summed E-state index contributed by atoms with van der Waals surface area (Å²) in [5, 5.41) is 3.36. The van der Waals surface area contributed by atoms with Crippen molar-refractivity contribution in [3.05, 3.63) is 17.6 Å². The van der Waals surface area contributed by atoms with Gasteiger partial charge in [-0.3, -0.25) is 4.21 Å². The number of aromatic nitrogens is 2. The summed E-state index contributed by atoms with van der Waals surface area (Å²) in [6.07, 6.45) is 2.63. The van der Waals surface area contributed by atoms with Crippen LogP contribution in [-0.2, 0) is 23.8 Å². The molecule has 0 aliphatic carbocycles. The van der Waals surface area contributed by atoms with E-state index in [1.165, 1.54) is 11.3 Å². The van der Waals surface area contributed by atoms with E-state index in [-0.39, 0.29) is 0 Å². The fraction of sp³-hybridized carbons (Fsp3) is 0.636. The molecule has 0 saturated carbocycles. The molecule has 1 N–H and O–H groups in total. The van der Waals surface area contributed by atoms with Crippen molar-refractivity contribution in [1.82, 2.24) is 15.3 Å². The van der Waals surface area contributed by atoms with Gasteiger partial charge in [0.2, 0.25) is 0 Å². The molecular formula is C11H16N4OS. The van der Waals surface area contributed by atoms with E-state index < -0.39 is 10.8 Å². The molecule has 0 aromatic carbocycles. The highest BCUT2D eigenvalue weighted by Crippen LogP contribution is 2.23. The molecule has 1 saturated heterocycles. The molecule has 2 aliphatic heterocycles. The highest BCUT2D eigenvalue weighted by atomic mass is 32.2. The first-order valence-corrected chi connectivity index (χ1v) is 7.47. The van der Waals surface area contributed by atoms with Crippen LogP contribution in [0, 0.1) is 0 Å². The Bertz CT molecular complexity index is 441. The number of fused-ring (bicyclic) bond motifs is 1. The monoisotopic (exact) mass is 252 g/mol. The Hall–Kier alpha value is -1.01. The van der Waals surface area contributed by atoms with Gasteiger partial charge in [-0.05, 0) is 0 Å². The van der Waals surface area contributed by atoms with Gasteiger partial charge in [0.15, 0.2) is 0 Å². The van der Waals surface area contributed by atoms with Gasteiger partial charge in [0, 0.05) is 60.5 Å². The lowest BCUT2D eigenvalue weighted by atomic mass is 10.1. The minimum absolute atomic E-state index is 0.637. The summed E-state index contributed by atoms with van der Waals surface area (Å²) in [7, 11) is -0.637. The molecule has 0 amide bonds. The van der Waals surface area contributed by atoms with Crippen molar-refractivity contribution in [3.8, 4) is 0 Å². The zero-order chi connectivity index (χ0) is 11.7. The van der Waals surface area contributed by atoms with E-state index in [9.17, 15) is 4.21 Å². The average molecular weight is 252 g/mol. The smallest absolute Gasteiger partial charge is 0.136 e. The summed E-state index contributed by atoms with van der Waals surface area (Å²) in [5.41, 5.74) is 2.40. The molecule has 3 heterocycles. The topological polar surface area (TPSA) is 58.1 Å². The van der Waals surface area contributed by atoms with Crippen molar-refractivity contribution in [2.45, 2.75) is 13.0 Å². The molecule has 92 valence electrons. The lowest BCUT2D eigenvalue weighted by Crippen LogP contribution is -2.40. The first-order chi connectivity index (χ1) is 8.34. The molecule has 0 unspecified atom stereocenters. The highest BCUT2D eigenvalue weighted by molar-refractivity contribution is 7.85. The summed E-state index contributed by atoms with van der Waals surface area (Å²) in [6.45, 7) is 3.53. The van der Waals surface area contributed by atoms with Gasteiger partial charge < -0.3 is 10.2 Å². The molecule has 0 atom stereocenters. The predicted molar refractivity (Wildman–Crippen MR) is 67.5 cm³/mol. The molecule has 17 heavy (non-hydrogen) atoms. The highest BCUT2D eigenvalue weighted by Gasteiger charge is 2.22. The lowest BCUT2D eigenvalue weighted by molar-refractivity contribution is 0.620. The Morgan fingerprint density at radius 1 is 1.29 bits per heavy atom. The van der Waals surface area contributed by atoms with Crippen LogP contribution in [0.25, 0.3) is 0 Å². The Morgan fingerprint density at radius 3 is 2.94 bits per heavy atom. The van der Waals surface area contributed by atoms with Crippen LogP contribution in [0.5, 0.6) is 0 Å². The average Bonchev–Trinajstić information content (AvgIpc) is 2.39. The first kappa shape index (κ1) is 11.1. The first-order valence-electron chi connectivity index (χ1n) is 5.98. The van der Waals surface area contributed by atoms with Gasteiger partial charge in [-0.1, -0.05) is 0 Å². The molecule has 0 bridgehead atoms. The largest absolute Gasteiger partial charge is 0.354 e. The summed E-state index contributed by atoms with van der Waals surface area (Å²) in [5.74, 6) is 2.55. The Balaban J connectivity index is 1.89. The van der Waals surface area contributed by atoms with Crippen molar-refractivity contribution < 1.29 is 4.21 Å². The van der Waals surface area contributed by atoms with E-state index in [2.05, 4.69) is 20.2 Å². The molecule has 2 aliphatic rings. The van der Waals surface area contributed by atoms with Crippen molar-refractivity contribution >= 4 is 16.6 Å². The number of anilines is 1. The van der Waals surface area contributed by atoms with Crippen molar-refractivity contribution in [3.63, 3.8) is 0 Å². The molecule has 3 rings (SSSR count). The number of hydrogen-bond donors (Lipinski definition) is 1. The second-order valence-corrected chi connectivity index (χ2v) is 6.08. The Morgan fingerprint density at radius 2 is 2.12 bits per heavy atom. The Labute approximate surface area is 103 Å². The summed E-state index contributed by atoms with van der Waals surface area (Å²) in [4.78, 5) is 11.0. The van der Waals surface area contributed by atoms with Crippen molar-refractivity contribution in [1.29, 1.82) is 0 Å². The summed E-state index contributed by atoms with van der Waals surface area (Å²) < 4.78 is 11.4. The van der Waals surface area contributed by atoms with Gasteiger partial charge >= 0.3 is 0 Å². The maximum Gasteiger partial charge on any atom is 0.136 e. The van der Waals surface area contributed by atoms with Crippen LogP contribution >= 0.6 is 0 Å². The molecular weight excluding hydrogens is 236 g/mol. The molecule has 1 aromatic rings. The zero-order valence-corrected chi connectivity index (χ0v) is 10.5. The van der Waals surface area contributed by atoms with Gasteiger partial charge in [-0.25, -0.2) is 9.97 Å². The summed E-state index contributed by atoms with van der Waals surface area (Å²) >= 11 is 0. The standard InChI is InChI=1S/C11H16N4OS/c16-17-5-3-15(4-6-17)11-9-7-12-2-1-10(9)13-8-14-11/h8,12H,1-7H2. The predicted octanol–water partition coefficient (Wildman–Crippen LogP) is -0.309. The normalized spacial score (nSPS) is 21.3. The third-order valence-electron chi connectivity index (χ3n) is 3.33. The van der Waals surface area contributed by atoms with Crippen LogP contribution in [0.4, 0.5) is 5.82 Å². The van der Waals surface area contributed by atoms with Gasteiger partial charge in [0.05, 0.1) is 5.69 Å². The maximum atomic E-state index is 11.4. The quantitative estimate of drug-likeness (QED) is 0.743. The van der Waals surface area contributed by atoms with Crippen LogP contribution < -0.4 is 10.2 Å². The van der Waals surface area contributed by atoms with E-state index in [1.54, 1.807) is 6.33 Å². The second kappa shape index (κ2) is 4.70. The minimum atomic E-state index is -0.637. The van der Waals surface area contributed by atoms with E-state index in [4.69, 9.17) is 0 Å². The molecule has 0 spiro atoms. The third-order valence-corrected chi connectivity index (χ3v) is 4.61. The SMILES string of the molecule is O=S1CCN(c2ncnc3c2CNCC3)CC1. The van der Waals surface area contributed by atoms with Gasteiger partial charge in [0.1, 0.15) is 12.1 Å². The number of hydrogen-bond acceptors (Lipinski definition) is 5. The number of nitrogens with one attached hydrogen (secondary N) is 1. The molecule has 6 heteroatoms.